The highest BCUT2D eigenvalue weighted by atomic mass is 32.2. The lowest BCUT2D eigenvalue weighted by Gasteiger charge is -2.16. The van der Waals surface area contributed by atoms with E-state index in [1.54, 1.807) is 17.6 Å². The summed E-state index contributed by atoms with van der Waals surface area (Å²) < 4.78 is 6.41. The van der Waals surface area contributed by atoms with E-state index in [9.17, 15) is 14.7 Å². The van der Waals surface area contributed by atoms with Crippen LogP contribution >= 0.6 is 11.8 Å². The number of esters is 1. The van der Waals surface area contributed by atoms with Crippen LogP contribution in [0.2, 0.25) is 0 Å². The molecule has 0 aliphatic heterocycles. The third kappa shape index (κ3) is 5.58. The first-order valence-electron chi connectivity index (χ1n) is 11.0. The first-order chi connectivity index (χ1) is 15.5. The van der Waals surface area contributed by atoms with Crippen molar-refractivity contribution in [1.29, 1.82) is 0 Å². The highest BCUT2D eigenvalue weighted by Crippen LogP contribution is 2.24. The summed E-state index contributed by atoms with van der Waals surface area (Å²) in [4.78, 5) is 29.9. The fourth-order valence-corrected chi connectivity index (χ4v) is 4.53. The quantitative estimate of drug-likeness (QED) is 0.207. The Morgan fingerprint density at radius 2 is 1.88 bits per heavy atom. The molecule has 1 heterocycles. The molecule has 170 valence electrons. The molecule has 32 heavy (non-hydrogen) atoms. The normalized spacial score (nSPS) is 13.1. The Kier molecular flexibility index (Phi) is 8.47. The third-order valence-corrected chi connectivity index (χ3v) is 6.58. The number of hydrogen-bond acceptors (Lipinski definition) is 6. The smallest absolute Gasteiger partial charge is 0.312 e. The Morgan fingerprint density at radius 3 is 2.56 bits per heavy atom. The zero-order valence-corrected chi connectivity index (χ0v) is 19.6. The number of carbonyl (C=O) groups is 1. The fraction of sp³-hybridized carbons (Fsp3) is 0.400. The van der Waals surface area contributed by atoms with E-state index in [1.165, 1.54) is 18.9 Å². The fourth-order valence-electron chi connectivity index (χ4n) is 3.55. The summed E-state index contributed by atoms with van der Waals surface area (Å²) in [6.45, 7) is 3.92. The van der Waals surface area contributed by atoms with Gasteiger partial charge in [-0.1, -0.05) is 62.2 Å². The molecule has 6 nitrogen and oxygen atoms in total. The molecular weight excluding hydrogens is 424 g/mol. The van der Waals surface area contributed by atoms with Crippen LogP contribution in [0.25, 0.3) is 16.6 Å². The minimum atomic E-state index is -0.452. The van der Waals surface area contributed by atoms with Crippen molar-refractivity contribution in [2.45, 2.75) is 56.7 Å². The lowest BCUT2D eigenvalue weighted by Crippen LogP contribution is -2.22. The van der Waals surface area contributed by atoms with Gasteiger partial charge in [0.25, 0.3) is 5.56 Å². The van der Waals surface area contributed by atoms with E-state index in [0.29, 0.717) is 27.5 Å². The molecule has 1 N–H and O–H groups in total. The molecule has 0 fully saturated rings. The van der Waals surface area contributed by atoms with Gasteiger partial charge in [0.15, 0.2) is 5.16 Å². The predicted octanol–water partition coefficient (Wildman–Crippen LogP) is 4.70. The molecule has 0 aliphatic carbocycles. The van der Waals surface area contributed by atoms with Crippen LogP contribution in [0.3, 0.4) is 0 Å². The van der Waals surface area contributed by atoms with Crippen molar-refractivity contribution in [2.75, 3.05) is 12.9 Å². The highest BCUT2D eigenvalue weighted by molar-refractivity contribution is 7.99. The third-order valence-electron chi connectivity index (χ3n) is 5.50. The van der Waals surface area contributed by atoms with E-state index < -0.39 is 12.0 Å². The number of aliphatic hydroxyl groups excluding tert-OH is 1. The molecule has 2 aromatic carbocycles. The van der Waals surface area contributed by atoms with Crippen molar-refractivity contribution in [1.82, 2.24) is 9.55 Å². The van der Waals surface area contributed by atoms with Gasteiger partial charge in [0.1, 0.15) is 0 Å². The Labute approximate surface area is 192 Å². The summed E-state index contributed by atoms with van der Waals surface area (Å²) in [6, 6.07) is 14.5. The van der Waals surface area contributed by atoms with E-state index >= 15 is 0 Å². The van der Waals surface area contributed by atoms with E-state index in [4.69, 9.17) is 9.72 Å². The second kappa shape index (κ2) is 11.3. The zero-order valence-electron chi connectivity index (χ0n) is 18.8. The summed E-state index contributed by atoms with van der Waals surface area (Å²) >= 11 is 1.38. The van der Waals surface area contributed by atoms with E-state index in [1.807, 2.05) is 42.5 Å². The topological polar surface area (TPSA) is 81.4 Å². The van der Waals surface area contributed by atoms with Crippen molar-refractivity contribution in [3.05, 3.63) is 64.4 Å². The number of hydrogen-bond donors (Lipinski definition) is 1. The van der Waals surface area contributed by atoms with Gasteiger partial charge in [-0.05, 0) is 43.2 Å². The molecule has 3 aromatic rings. The number of carbonyl (C=O) groups excluding carboxylic acids is 1. The number of unbranched alkanes of at least 4 members (excludes halogenated alkanes) is 2. The maximum atomic E-state index is 13.4. The Morgan fingerprint density at radius 1 is 1.16 bits per heavy atom. The number of para-hydroxylation sites is 1. The van der Waals surface area contributed by atoms with Crippen LogP contribution in [0.15, 0.2) is 58.5 Å². The number of rotatable bonds is 10. The van der Waals surface area contributed by atoms with Crippen LogP contribution in [-0.2, 0) is 9.53 Å². The van der Waals surface area contributed by atoms with Gasteiger partial charge in [-0.2, -0.15) is 0 Å². The van der Waals surface area contributed by atoms with Crippen molar-refractivity contribution in [2.24, 2.45) is 0 Å². The van der Waals surface area contributed by atoms with Gasteiger partial charge in [0, 0.05) is 5.75 Å². The maximum Gasteiger partial charge on any atom is 0.312 e. The Balaban J connectivity index is 1.95. The molecule has 0 saturated heterocycles. The molecule has 3 rings (SSSR count). The van der Waals surface area contributed by atoms with Crippen LogP contribution in [0.4, 0.5) is 0 Å². The molecule has 2 atom stereocenters. The molecule has 0 bridgehead atoms. The van der Waals surface area contributed by atoms with E-state index in [2.05, 4.69) is 6.92 Å². The second-order valence-corrected chi connectivity index (χ2v) is 8.84. The van der Waals surface area contributed by atoms with Crippen molar-refractivity contribution >= 4 is 28.6 Å². The summed E-state index contributed by atoms with van der Waals surface area (Å²) in [5.41, 5.74) is 1.94. The molecule has 1 aromatic heterocycles. The number of aromatic nitrogens is 2. The summed E-state index contributed by atoms with van der Waals surface area (Å²) in [5.74, 6) is -0.241. The number of fused-ring (bicyclic) bond motifs is 1. The average molecular weight is 455 g/mol. The van der Waals surface area contributed by atoms with Crippen LogP contribution in [0.5, 0.6) is 0 Å². The molecule has 0 spiro atoms. The van der Waals surface area contributed by atoms with E-state index in [0.717, 1.165) is 31.2 Å². The Hall–Kier alpha value is -2.64. The zero-order chi connectivity index (χ0) is 23.1. The Bertz CT molecular complexity index is 1110. The lowest BCUT2D eigenvalue weighted by atomic mass is 10.0. The van der Waals surface area contributed by atoms with Crippen molar-refractivity contribution in [3.63, 3.8) is 0 Å². The molecule has 0 aliphatic rings. The molecule has 0 saturated carbocycles. The van der Waals surface area contributed by atoms with Crippen molar-refractivity contribution in [3.8, 4) is 5.69 Å². The minimum Gasteiger partial charge on any atom is -0.469 e. The van der Waals surface area contributed by atoms with Crippen LogP contribution in [-0.4, -0.2) is 39.6 Å². The van der Waals surface area contributed by atoms with Gasteiger partial charge in [-0.3, -0.25) is 14.2 Å². The molecule has 0 radical (unpaired) electrons. The predicted molar refractivity (Wildman–Crippen MR) is 129 cm³/mol. The van der Waals surface area contributed by atoms with Gasteiger partial charge < -0.3 is 9.84 Å². The molecule has 2 unspecified atom stereocenters. The maximum absolute atomic E-state index is 13.4. The van der Waals surface area contributed by atoms with Gasteiger partial charge in [-0.25, -0.2) is 4.98 Å². The number of benzene rings is 2. The summed E-state index contributed by atoms with van der Waals surface area (Å²) in [5, 5.41) is 11.4. The number of ether oxygens (including phenoxy) is 1. The van der Waals surface area contributed by atoms with Crippen LogP contribution in [0.1, 0.15) is 51.0 Å². The number of methoxy groups -OCH3 is 1. The monoisotopic (exact) mass is 454 g/mol. The number of thioether (sulfide) groups is 1. The molecule has 0 amide bonds. The van der Waals surface area contributed by atoms with Crippen LogP contribution in [0, 0.1) is 0 Å². The van der Waals surface area contributed by atoms with Gasteiger partial charge >= 0.3 is 5.97 Å². The van der Waals surface area contributed by atoms with Crippen LogP contribution < -0.4 is 5.56 Å². The molecular formula is C25H30N2O4S. The van der Waals surface area contributed by atoms with Gasteiger partial charge in [0.05, 0.1) is 35.7 Å². The molecule has 7 heteroatoms. The highest BCUT2D eigenvalue weighted by Gasteiger charge is 2.18. The number of aliphatic hydroxyl groups is 1. The SMILES string of the molecule is CCCCCC(O)CSc1nc2ccccc2c(=O)n1-c1ccc(C(C)C(=O)OC)cc1. The van der Waals surface area contributed by atoms with E-state index in [-0.39, 0.29) is 11.5 Å². The average Bonchev–Trinajstić information content (AvgIpc) is 2.82. The number of nitrogens with zero attached hydrogens (tertiary/aromatic N) is 2. The minimum absolute atomic E-state index is 0.160. The first kappa shape index (κ1) is 24.0. The second-order valence-electron chi connectivity index (χ2n) is 7.85. The summed E-state index contributed by atoms with van der Waals surface area (Å²) in [7, 11) is 1.37. The standard InChI is InChI=1S/C25H30N2O4S/c1-4-5-6-9-20(28)16-32-25-26-22-11-8-7-10-21(22)23(29)27(25)19-14-12-18(13-15-19)17(2)24(30)31-3/h7-8,10-15,17,20,28H,4-6,9,16H2,1-3H3. The van der Waals surface area contributed by atoms with Crippen molar-refractivity contribution < 1.29 is 14.6 Å². The largest absolute Gasteiger partial charge is 0.469 e. The first-order valence-corrected chi connectivity index (χ1v) is 12.0. The summed E-state index contributed by atoms with van der Waals surface area (Å²) in [6.07, 6.45) is 3.47. The van der Waals surface area contributed by atoms with Gasteiger partial charge in [0.2, 0.25) is 0 Å². The van der Waals surface area contributed by atoms with Gasteiger partial charge in [-0.15, -0.1) is 0 Å². The lowest BCUT2D eigenvalue weighted by molar-refractivity contribution is -0.141.